The van der Waals surface area contributed by atoms with Crippen molar-refractivity contribution >= 4 is 5.91 Å². The van der Waals surface area contributed by atoms with Crippen LogP contribution in [0.3, 0.4) is 0 Å². The zero-order valence-electron chi connectivity index (χ0n) is 10.6. The lowest BCUT2D eigenvalue weighted by molar-refractivity contribution is -0.120. The number of halogens is 1. The van der Waals surface area contributed by atoms with E-state index in [-0.39, 0.29) is 18.1 Å². The minimum Gasteiger partial charge on any atom is -0.336 e. The van der Waals surface area contributed by atoms with Gasteiger partial charge in [0.1, 0.15) is 11.9 Å². The van der Waals surface area contributed by atoms with Gasteiger partial charge in [-0.2, -0.15) is 5.26 Å². The maximum absolute atomic E-state index is 12.8. The molecule has 0 saturated heterocycles. The lowest BCUT2D eigenvalue weighted by Crippen LogP contribution is -2.29. The fourth-order valence-corrected chi connectivity index (χ4v) is 1.75. The Morgan fingerprint density at radius 1 is 1.25 bits per heavy atom. The van der Waals surface area contributed by atoms with E-state index in [1.807, 2.05) is 6.07 Å². The number of hydrogen-bond acceptors (Lipinski definition) is 3. The van der Waals surface area contributed by atoms with Crippen molar-refractivity contribution in [1.82, 2.24) is 10.3 Å². The van der Waals surface area contributed by atoms with Gasteiger partial charge in [-0.15, -0.1) is 0 Å². The SMILES string of the molecule is N#CC(NC(=O)Cc1ccc(F)cc1)c1ccncc1. The average molecular weight is 269 g/mol. The Bertz CT molecular complexity index is 620. The van der Waals surface area contributed by atoms with Crippen molar-refractivity contribution in [3.63, 3.8) is 0 Å². The second-order valence-corrected chi connectivity index (χ2v) is 4.21. The first-order chi connectivity index (χ1) is 9.69. The molecule has 100 valence electrons. The molecule has 0 aliphatic heterocycles. The lowest BCUT2D eigenvalue weighted by atomic mass is 10.1. The molecule has 4 nitrogen and oxygen atoms in total. The van der Waals surface area contributed by atoms with E-state index in [2.05, 4.69) is 10.3 Å². The molecule has 20 heavy (non-hydrogen) atoms. The lowest BCUT2D eigenvalue weighted by Gasteiger charge is -2.11. The van der Waals surface area contributed by atoms with Crippen molar-refractivity contribution in [3.05, 3.63) is 65.7 Å². The van der Waals surface area contributed by atoms with Crippen LogP contribution in [0.2, 0.25) is 0 Å². The number of rotatable bonds is 4. The molecule has 1 heterocycles. The fourth-order valence-electron chi connectivity index (χ4n) is 1.75. The van der Waals surface area contributed by atoms with Crippen molar-refractivity contribution in [3.8, 4) is 6.07 Å². The van der Waals surface area contributed by atoms with Crippen LogP contribution in [0.4, 0.5) is 4.39 Å². The normalized spacial score (nSPS) is 11.4. The number of nitrogens with one attached hydrogen (secondary N) is 1. The van der Waals surface area contributed by atoms with Crippen molar-refractivity contribution in [1.29, 1.82) is 5.26 Å². The summed E-state index contributed by atoms with van der Waals surface area (Å²) in [6, 6.07) is 10.3. The second-order valence-electron chi connectivity index (χ2n) is 4.21. The third-order valence-electron chi connectivity index (χ3n) is 2.75. The number of benzene rings is 1. The molecule has 0 spiro atoms. The Labute approximate surface area is 115 Å². The van der Waals surface area contributed by atoms with E-state index in [1.165, 1.54) is 12.1 Å². The quantitative estimate of drug-likeness (QED) is 0.924. The highest BCUT2D eigenvalue weighted by molar-refractivity contribution is 5.79. The first-order valence-electron chi connectivity index (χ1n) is 6.02. The molecule has 0 radical (unpaired) electrons. The molecule has 1 aromatic carbocycles. The summed E-state index contributed by atoms with van der Waals surface area (Å²) in [5, 5.41) is 11.7. The Kier molecular flexibility index (Phi) is 4.40. The van der Waals surface area contributed by atoms with Crippen molar-refractivity contribution in [2.75, 3.05) is 0 Å². The summed E-state index contributed by atoms with van der Waals surface area (Å²) in [4.78, 5) is 15.7. The molecule has 5 heteroatoms. The molecule has 2 rings (SSSR count). The molecular weight excluding hydrogens is 257 g/mol. The summed E-state index contributed by atoms with van der Waals surface area (Å²) in [5.41, 5.74) is 1.37. The van der Waals surface area contributed by atoms with E-state index < -0.39 is 6.04 Å². The molecule has 1 amide bonds. The van der Waals surface area contributed by atoms with Gasteiger partial charge in [0.05, 0.1) is 12.5 Å². The number of carbonyl (C=O) groups excluding carboxylic acids is 1. The predicted molar refractivity (Wildman–Crippen MR) is 70.8 cm³/mol. The van der Waals surface area contributed by atoms with Crippen LogP contribution in [-0.2, 0) is 11.2 Å². The first-order valence-corrected chi connectivity index (χ1v) is 6.02. The van der Waals surface area contributed by atoms with Gasteiger partial charge in [-0.05, 0) is 35.4 Å². The van der Waals surface area contributed by atoms with Gasteiger partial charge in [-0.1, -0.05) is 12.1 Å². The molecule has 2 aromatic rings. The number of nitriles is 1. The highest BCUT2D eigenvalue weighted by Crippen LogP contribution is 2.11. The minimum atomic E-state index is -0.717. The molecule has 1 N–H and O–H groups in total. The third kappa shape index (κ3) is 3.62. The van der Waals surface area contributed by atoms with Crippen molar-refractivity contribution < 1.29 is 9.18 Å². The van der Waals surface area contributed by atoms with E-state index in [0.717, 1.165) is 0 Å². The number of nitrogens with zero attached hydrogens (tertiary/aromatic N) is 2. The van der Waals surface area contributed by atoms with Gasteiger partial charge < -0.3 is 5.32 Å². The van der Waals surface area contributed by atoms with Crippen molar-refractivity contribution in [2.45, 2.75) is 12.5 Å². The van der Waals surface area contributed by atoms with Crippen LogP contribution in [0.1, 0.15) is 17.2 Å². The number of amides is 1. The largest absolute Gasteiger partial charge is 0.336 e. The average Bonchev–Trinajstić information content (AvgIpc) is 2.48. The van der Waals surface area contributed by atoms with Crippen LogP contribution in [-0.4, -0.2) is 10.9 Å². The van der Waals surface area contributed by atoms with Crippen LogP contribution in [0.15, 0.2) is 48.8 Å². The van der Waals surface area contributed by atoms with E-state index >= 15 is 0 Å². The molecule has 1 unspecified atom stereocenters. The highest BCUT2D eigenvalue weighted by atomic mass is 19.1. The molecule has 0 saturated carbocycles. The van der Waals surface area contributed by atoms with Crippen LogP contribution in [0.5, 0.6) is 0 Å². The van der Waals surface area contributed by atoms with Crippen LogP contribution in [0.25, 0.3) is 0 Å². The van der Waals surface area contributed by atoms with Crippen LogP contribution in [0, 0.1) is 17.1 Å². The van der Waals surface area contributed by atoms with Crippen LogP contribution >= 0.6 is 0 Å². The van der Waals surface area contributed by atoms with Gasteiger partial charge >= 0.3 is 0 Å². The first kappa shape index (κ1) is 13.7. The third-order valence-corrected chi connectivity index (χ3v) is 2.75. The monoisotopic (exact) mass is 269 g/mol. The molecule has 0 aliphatic rings. The maximum atomic E-state index is 12.8. The smallest absolute Gasteiger partial charge is 0.225 e. The van der Waals surface area contributed by atoms with Gasteiger partial charge in [0.2, 0.25) is 5.91 Å². The summed E-state index contributed by atoms with van der Waals surface area (Å²) in [5.74, 6) is -0.638. The van der Waals surface area contributed by atoms with Crippen LogP contribution < -0.4 is 5.32 Å². The molecule has 0 bridgehead atoms. The molecule has 1 atom stereocenters. The Morgan fingerprint density at radius 3 is 2.50 bits per heavy atom. The highest BCUT2D eigenvalue weighted by Gasteiger charge is 2.13. The summed E-state index contributed by atoms with van der Waals surface area (Å²) >= 11 is 0. The maximum Gasteiger partial charge on any atom is 0.225 e. The van der Waals surface area contributed by atoms with Gasteiger partial charge in [0.25, 0.3) is 0 Å². The summed E-state index contributed by atoms with van der Waals surface area (Å²) < 4.78 is 12.8. The number of carbonyl (C=O) groups is 1. The van der Waals surface area contributed by atoms with Gasteiger partial charge in [0, 0.05) is 12.4 Å². The van der Waals surface area contributed by atoms with E-state index in [4.69, 9.17) is 5.26 Å². The number of aromatic nitrogens is 1. The molecule has 1 aromatic heterocycles. The number of hydrogen-bond donors (Lipinski definition) is 1. The molecule has 0 fully saturated rings. The Balaban J connectivity index is 2.00. The Hall–Kier alpha value is -2.74. The molecule has 0 aliphatic carbocycles. The zero-order valence-corrected chi connectivity index (χ0v) is 10.6. The van der Waals surface area contributed by atoms with E-state index in [0.29, 0.717) is 11.1 Å². The molecular formula is C15H12FN3O. The van der Waals surface area contributed by atoms with Gasteiger partial charge in [-0.25, -0.2) is 4.39 Å². The summed E-state index contributed by atoms with van der Waals surface area (Å²) in [7, 11) is 0. The summed E-state index contributed by atoms with van der Waals surface area (Å²) in [6.07, 6.45) is 3.22. The second kappa shape index (κ2) is 6.43. The predicted octanol–water partition coefficient (Wildman–Crippen LogP) is 2.14. The Morgan fingerprint density at radius 2 is 1.90 bits per heavy atom. The van der Waals surface area contributed by atoms with Crippen molar-refractivity contribution in [2.24, 2.45) is 0 Å². The van der Waals surface area contributed by atoms with E-state index in [1.54, 1.807) is 36.7 Å². The zero-order chi connectivity index (χ0) is 14.4. The minimum absolute atomic E-state index is 0.101. The number of pyridine rings is 1. The fraction of sp³-hybridized carbons (Fsp3) is 0.133. The van der Waals surface area contributed by atoms with E-state index in [9.17, 15) is 9.18 Å². The van der Waals surface area contributed by atoms with Gasteiger partial charge in [-0.3, -0.25) is 9.78 Å². The standard InChI is InChI=1S/C15H12FN3O/c16-13-3-1-11(2-4-13)9-15(20)19-14(10-17)12-5-7-18-8-6-12/h1-8,14H,9H2,(H,19,20). The summed E-state index contributed by atoms with van der Waals surface area (Å²) in [6.45, 7) is 0. The van der Waals surface area contributed by atoms with Gasteiger partial charge in [0.15, 0.2) is 0 Å². The topological polar surface area (TPSA) is 65.8 Å².